The summed E-state index contributed by atoms with van der Waals surface area (Å²) in [4.78, 5) is 25.5. The zero-order chi connectivity index (χ0) is 20.0. The van der Waals surface area contributed by atoms with Crippen molar-refractivity contribution < 1.29 is 9.53 Å². The highest BCUT2D eigenvalue weighted by molar-refractivity contribution is 8.00. The minimum Gasteiger partial charge on any atom is -0.497 e. The molecule has 4 rings (SSSR count). The fourth-order valence-corrected chi connectivity index (χ4v) is 4.64. The molecule has 1 amide bonds. The normalized spacial score (nSPS) is 16.8. The molecule has 1 aliphatic rings. The summed E-state index contributed by atoms with van der Waals surface area (Å²) in [6.07, 6.45) is 1.76. The van der Waals surface area contributed by atoms with Crippen molar-refractivity contribution in [2.75, 3.05) is 18.2 Å². The molecule has 3 heterocycles. The van der Waals surface area contributed by atoms with Crippen LogP contribution in [0.15, 0.2) is 35.3 Å². The number of aromatic nitrogens is 3. The Morgan fingerprint density at radius 1 is 1.25 bits per heavy atom. The molecule has 0 unspecified atom stereocenters. The van der Waals surface area contributed by atoms with E-state index in [2.05, 4.69) is 10.4 Å². The van der Waals surface area contributed by atoms with Gasteiger partial charge in [0, 0.05) is 30.3 Å². The highest BCUT2D eigenvalue weighted by Gasteiger charge is 2.30. The number of thioether (sulfide) groups is 1. The predicted octanol–water partition coefficient (Wildman–Crippen LogP) is 3.10. The number of anilines is 1. The number of ether oxygens (including phenoxy) is 1. The maximum atomic E-state index is 13.2. The van der Waals surface area contributed by atoms with Crippen LogP contribution >= 0.6 is 11.8 Å². The molecule has 0 saturated carbocycles. The molecule has 3 aromatic rings. The van der Waals surface area contributed by atoms with Crippen LogP contribution in [0.25, 0.3) is 10.9 Å². The van der Waals surface area contributed by atoms with Gasteiger partial charge in [-0.1, -0.05) is 0 Å². The van der Waals surface area contributed by atoms with Gasteiger partial charge in [-0.3, -0.25) is 9.59 Å². The fourth-order valence-electron chi connectivity index (χ4n) is 3.55. The van der Waals surface area contributed by atoms with E-state index in [1.54, 1.807) is 29.6 Å². The van der Waals surface area contributed by atoms with Crippen molar-refractivity contribution in [2.24, 2.45) is 7.05 Å². The van der Waals surface area contributed by atoms with Crippen LogP contribution in [-0.4, -0.2) is 33.1 Å². The number of nitrogens with zero attached hydrogens (tertiary/aromatic N) is 3. The second-order valence-corrected chi connectivity index (χ2v) is 8.21. The van der Waals surface area contributed by atoms with Gasteiger partial charge in [-0.2, -0.15) is 5.10 Å². The van der Waals surface area contributed by atoms with E-state index in [-0.39, 0.29) is 28.5 Å². The number of rotatable bonds is 3. The Kier molecular flexibility index (Phi) is 4.66. The summed E-state index contributed by atoms with van der Waals surface area (Å²) in [5, 5.41) is 8.08. The Bertz CT molecular complexity index is 1130. The largest absolute Gasteiger partial charge is 0.497 e. The average Bonchev–Trinajstić information content (AvgIpc) is 3.01. The van der Waals surface area contributed by atoms with Crippen LogP contribution in [-0.2, 0) is 11.8 Å². The molecule has 1 N–H and O–H groups in total. The zero-order valence-corrected chi connectivity index (χ0v) is 17.0. The molecule has 0 aliphatic carbocycles. The second-order valence-electron chi connectivity index (χ2n) is 7.11. The molecular formula is C20H22N4O3S. The Balaban J connectivity index is 1.92. The van der Waals surface area contributed by atoms with E-state index in [0.717, 1.165) is 16.5 Å². The molecule has 28 heavy (non-hydrogen) atoms. The van der Waals surface area contributed by atoms with Crippen molar-refractivity contribution in [3.05, 3.63) is 51.9 Å². The third kappa shape index (κ3) is 2.97. The van der Waals surface area contributed by atoms with Gasteiger partial charge < -0.3 is 14.6 Å². The van der Waals surface area contributed by atoms with Crippen molar-refractivity contribution in [1.29, 1.82) is 0 Å². The first-order chi connectivity index (χ1) is 13.4. The van der Waals surface area contributed by atoms with E-state index in [4.69, 9.17) is 4.74 Å². The van der Waals surface area contributed by atoms with Gasteiger partial charge in [-0.25, -0.2) is 4.68 Å². The molecule has 0 fully saturated rings. The molecule has 0 spiro atoms. The van der Waals surface area contributed by atoms with Gasteiger partial charge >= 0.3 is 0 Å². The highest BCUT2D eigenvalue weighted by atomic mass is 32.2. The Hall–Kier alpha value is -2.74. The summed E-state index contributed by atoms with van der Waals surface area (Å²) in [5.74, 6) is 1.57. The first-order valence-corrected chi connectivity index (χ1v) is 10.1. The molecular weight excluding hydrogens is 376 g/mol. The predicted molar refractivity (Wildman–Crippen MR) is 111 cm³/mol. The number of pyridine rings is 1. The summed E-state index contributed by atoms with van der Waals surface area (Å²) >= 11 is 1.45. The van der Waals surface area contributed by atoms with Crippen LogP contribution in [0.2, 0.25) is 0 Å². The first-order valence-electron chi connectivity index (χ1n) is 9.07. The number of hydrogen-bond acceptors (Lipinski definition) is 5. The van der Waals surface area contributed by atoms with E-state index >= 15 is 0 Å². The first kappa shape index (κ1) is 18.6. The van der Waals surface area contributed by atoms with Crippen molar-refractivity contribution in [2.45, 2.75) is 25.1 Å². The Labute approximate surface area is 166 Å². The summed E-state index contributed by atoms with van der Waals surface area (Å²) in [7, 11) is 3.37. The molecule has 1 aromatic carbocycles. The van der Waals surface area contributed by atoms with Gasteiger partial charge in [0.1, 0.15) is 11.6 Å². The molecule has 7 nitrogen and oxygen atoms in total. The number of amides is 1. The summed E-state index contributed by atoms with van der Waals surface area (Å²) < 4.78 is 8.72. The summed E-state index contributed by atoms with van der Waals surface area (Å²) in [6, 6.07) is 7.69. The fraction of sp³-hybridized carbons (Fsp3) is 0.350. The quantitative estimate of drug-likeness (QED) is 0.734. The van der Waals surface area contributed by atoms with Crippen molar-refractivity contribution in [3.8, 4) is 5.75 Å². The van der Waals surface area contributed by atoms with Gasteiger partial charge in [-0.15, -0.1) is 11.8 Å². The Morgan fingerprint density at radius 3 is 2.75 bits per heavy atom. The lowest BCUT2D eigenvalue weighted by molar-refractivity contribution is -0.113. The number of aryl methyl sites for hydroxylation is 1. The lowest BCUT2D eigenvalue weighted by Gasteiger charge is -2.17. The third-order valence-electron chi connectivity index (χ3n) is 4.98. The van der Waals surface area contributed by atoms with Gasteiger partial charge in [0.2, 0.25) is 5.91 Å². The molecule has 1 atom stereocenters. The van der Waals surface area contributed by atoms with Gasteiger partial charge in [-0.05, 0) is 37.4 Å². The SMILES string of the molecule is COc1ccc2cc([C@H]3SCC(=O)Nc4c3cnn4C(C)C)c(=O)n(C)c2c1. The van der Waals surface area contributed by atoms with Crippen LogP contribution in [0.3, 0.4) is 0 Å². The maximum Gasteiger partial charge on any atom is 0.255 e. The molecule has 0 bridgehead atoms. The molecule has 8 heteroatoms. The van der Waals surface area contributed by atoms with E-state index in [1.807, 2.05) is 38.1 Å². The molecule has 2 aromatic heterocycles. The van der Waals surface area contributed by atoms with Crippen molar-refractivity contribution >= 4 is 34.4 Å². The highest BCUT2D eigenvalue weighted by Crippen LogP contribution is 2.41. The number of methoxy groups -OCH3 is 1. The van der Waals surface area contributed by atoms with Crippen LogP contribution in [0.5, 0.6) is 5.75 Å². The lowest BCUT2D eigenvalue weighted by atomic mass is 10.0. The molecule has 1 aliphatic heterocycles. The zero-order valence-electron chi connectivity index (χ0n) is 16.2. The number of carbonyl (C=O) groups is 1. The van der Waals surface area contributed by atoms with Gasteiger partial charge in [0.15, 0.2) is 0 Å². The smallest absolute Gasteiger partial charge is 0.255 e. The minimum absolute atomic E-state index is 0.0847. The van der Waals surface area contributed by atoms with Crippen LogP contribution in [0.4, 0.5) is 5.82 Å². The van der Waals surface area contributed by atoms with E-state index in [0.29, 0.717) is 17.1 Å². The maximum absolute atomic E-state index is 13.2. The number of hydrogen-bond donors (Lipinski definition) is 1. The molecule has 146 valence electrons. The summed E-state index contributed by atoms with van der Waals surface area (Å²) in [5.41, 5.74) is 2.22. The van der Waals surface area contributed by atoms with Gasteiger partial charge in [0.25, 0.3) is 5.56 Å². The number of benzene rings is 1. The molecule has 0 saturated heterocycles. The minimum atomic E-state index is -0.272. The van der Waals surface area contributed by atoms with Crippen LogP contribution in [0, 0.1) is 0 Å². The standard InChI is InChI=1S/C20H22N4O3S/c1-11(2)24-19-15(9-21-24)18(28-10-17(25)22-19)14-7-12-5-6-13(27-4)8-16(12)23(3)20(14)26/h5-9,11,18H,10H2,1-4H3,(H,22,25)/t18-/m1/s1. The number of nitrogens with one attached hydrogen (secondary N) is 1. The van der Waals surface area contributed by atoms with Crippen molar-refractivity contribution in [1.82, 2.24) is 14.3 Å². The second kappa shape index (κ2) is 7.01. The Morgan fingerprint density at radius 2 is 2.04 bits per heavy atom. The van der Waals surface area contributed by atoms with E-state index < -0.39 is 0 Å². The van der Waals surface area contributed by atoms with E-state index in [1.165, 1.54) is 11.8 Å². The van der Waals surface area contributed by atoms with Crippen LogP contribution in [0.1, 0.15) is 36.3 Å². The van der Waals surface area contributed by atoms with Crippen LogP contribution < -0.4 is 15.6 Å². The lowest BCUT2D eigenvalue weighted by Crippen LogP contribution is -2.23. The molecule has 0 radical (unpaired) electrons. The topological polar surface area (TPSA) is 78.2 Å². The number of carbonyl (C=O) groups excluding carboxylic acids is 1. The average molecular weight is 398 g/mol. The summed E-state index contributed by atoms with van der Waals surface area (Å²) in [6.45, 7) is 4.02. The monoisotopic (exact) mass is 398 g/mol. The van der Waals surface area contributed by atoms with E-state index in [9.17, 15) is 9.59 Å². The van der Waals surface area contributed by atoms with Crippen molar-refractivity contribution in [3.63, 3.8) is 0 Å². The van der Waals surface area contributed by atoms with Gasteiger partial charge in [0.05, 0.1) is 29.8 Å². The number of fused-ring (bicyclic) bond motifs is 2. The third-order valence-corrected chi connectivity index (χ3v) is 6.25.